The van der Waals surface area contributed by atoms with Gasteiger partial charge >= 0.3 is 0 Å². The molecule has 4 rings (SSSR count). The largest absolute Gasteiger partial charge is 0.496 e. The van der Waals surface area contributed by atoms with Gasteiger partial charge in [0.15, 0.2) is 11.6 Å². The number of aromatic nitrogens is 2. The average Bonchev–Trinajstić information content (AvgIpc) is 2.82. The summed E-state index contributed by atoms with van der Waals surface area (Å²) in [4.78, 5) is 2.16. The molecule has 2 N–H and O–H groups in total. The van der Waals surface area contributed by atoms with Crippen molar-refractivity contribution >= 4 is 22.4 Å². The van der Waals surface area contributed by atoms with Crippen molar-refractivity contribution in [2.24, 2.45) is 0 Å². The highest BCUT2D eigenvalue weighted by molar-refractivity contribution is 5.99. The van der Waals surface area contributed by atoms with Crippen molar-refractivity contribution in [3.05, 3.63) is 53.1 Å². The monoisotopic (exact) mass is 417 g/mol. The number of aliphatic hydroxyl groups excluding tert-OH is 1. The predicted octanol–water partition coefficient (Wildman–Crippen LogP) is 3.65. The van der Waals surface area contributed by atoms with Gasteiger partial charge in [0.25, 0.3) is 0 Å². The van der Waals surface area contributed by atoms with Crippen molar-refractivity contribution in [2.45, 2.75) is 38.8 Å². The van der Waals surface area contributed by atoms with E-state index in [0.717, 1.165) is 65.8 Å². The van der Waals surface area contributed by atoms with Crippen molar-refractivity contribution in [3.63, 3.8) is 0 Å². The molecule has 31 heavy (non-hydrogen) atoms. The first-order valence-electron chi connectivity index (χ1n) is 10.7. The van der Waals surface area contributed by atoms with Gasteiger partial charge in [0.05, 0.1) is 24.8 Å². The number of nitriles is 1. The fourth-order valence-corrected chi connectivity index (χ4v) is 4.06. The summed E-state index contributed by atoms with van der Waals surface area (Å²) in [6.45, 7) is 4.18. The van der Waals surface area contributed by atoms with Crippen molar-refractivity contribution in [1.82, 2.24) is 10.2 Å². The maximum absolute atomic E-state index is 9.83. The number of methoxy groups -OCH3 is 1. The maximum Gasteiger partial charge on any atom is 0.159 e. The predicted molar refractivity (Wildman–Crippen MR) is 121 cm³/mol. The fourth-order valence-electron chi connectivity index (χ4n) is 4.06. The van der Waals surface area contributed by atoms with E-state index in [1.54, 1.807) is 7.11 Å². The molecule has 160 valence electrons. The zero-order chi connectivity index (χ0) is 21.8. The van der Waals surface area contributed by atoms with Gasteiger partial charge in [0, 0.05) is 30.4 Å². The van der Waals surface area contributed by atoms with Crippen LogP contribution in [0.25, 0.3) is 10.8 Å². The zero-order valence-corrected chi connectivity index (χ0v) is 17.9. The molecular formula is C24H27N5O2. The SMILES string of the molecule is CCc1cc(CNc2nnc(N3CCC(O)CC3)c3ccc(C#N)cc23)ccc1OC. The van der Waals surface area contributed by atoms with Crippen molar-refractivity contribution in [2.75, 3.05) is 30.4 Å². The second kappa shape index (κ2) is 9.19. The lowest BCUT2D eigenvalue weighted by atomic mass is 10.1. The molecule has 2 heterocycles. The standard InChI is InChI=1S/C24H27N5O2/c1-3-18-12-17(5-7-22(18)31-2)15-26-23-21-13-16(14-25)4-6-20(21)24(28-27-23)29-10-8-19(30)9-11-29/h4-7,12-13,19,30H,3,8-11,15H2,1-2H3,(H,26,27). The molecule has 0 atom stereocenters. The second-order valence-electron chi connectivity index (χ2n) is 7.82. The minimum Gasteiger partial charge on any atom is -0.496 e. The first kappa shape index (κ1) is 20.9. The highest BCUT2D eigenvalue weighted by Crippen LogP contribution is 2.31. The van der Waals surface area contributed by atoms with E-state index in [1.165, 1.54) is 0 Å². The molecule has 0 aliphatic carbocycles. The molecule has 2 aromatic carbocycles. The Bertz CT molecular complexity index is 1120. The number of fused-ring (bicyclic) bond motifs is 1. The van der Waals surface area contributed by atoms with Crippen molar-refractivity contribution in [1.29, 1.82) is 5.26 Å². The van der Waals surface area contributed by atoms with Crippen LogP contribution in [0.1, 0.15) is 36.5 Å². The van der Waals surface area contributed by atoms with Gasteiger partial charge in [-0.25, -0.2) is 0 Å². The van der Waals surface area contributed by atoms with Crippen LogP contribution in [-0.2, 0) is 13.0 Å². The van der Waals surface area contributed by atoms with E-state index < -0.39 is 0 Å². The van der Waals surface area contributed by atoms with Crippen LogP contribution in [0.2, 0.25) is 0 Å². The van der Waals surface area contributed by atoms with Crippen LogP contribution < -0.4 is 15.0 Å². The van der Waals surface area contributed by atoms with Gasteiger partial charge in [0.1, 0.15) is 5.75 Å². The third-order valence-corrected chi connectivity index (χ3v) is 5.84. The maximum atomic E-state index is 9.83. The van der Waals surface area contributed by atoms with Crippen LogP contribution in [0.15, 0.2) is 36.4 Å². The normalized spacial score (nSPS) is 14.5. The molecule has 0 spiro atoms. The summed E-state index contributed by atoms with van der Waals surface area (Å²) in [6.07, 6.45) is 2.08. The summed E-state index contributed by atoms with van der Waals surface area (Å²) in [7, 11) is 1.69. The number of hydrogen-bond donors (Lipinski definition) is 2. The van der Waals surface area contributed by atoms with Crippen molar-refractivity contribution in [3.8, 4) is 11.8 Å². The van der Waals surface area contributed by atoms with Crippen molar-refractivity contribution < 1.29 is 9.84 Å². The van der Waals surface area contributed by atoms with Crippen LogP contribution in [0.4, 0.5) is 11.6 Å². The Labute approximate surface area is 182 Å². The van der Waals surface area contributed by atoms with E-state index in [1.807, 2.05) is 30.3 Å². The van der Waals surface area contributed by atoms with Crippen LogP contribution in [-0.4, -0.2) is 41.6 Å². The molecule has 0 saturated carbocycles. The number of nitrogens with zero attached hydrogens (tertiary/aromatic N) is 4. The molecule has 0 unspecified atom stereocenters. The third-order valence-electron chi connectivity index (χ3n) is 5.84. The van der Waals surface area contributed by atoms with E-state index in [2.05, 4.69) is 39.5 Å². The summed E-state index contributed by atoms with van der Waals surface area (Å²) < 4.78 is 5.42. The first-order chi connectivity index (χ1) is 15.1. The zero-order valence-electron chi connectivity index (χ0n) is 17.9. The molecule has 0 radical (unpaired) electrons. The Kier molecular flexibility index (Phi) is 6.19. The second-order valence-corrected chi connectivity index (χ2v) is 7.82. The molecule has 7 nitrogen and oxygen atoms in total. The molecule has 1 saturated heterocycles. The molecular weight excluding hydrogens is 390 g/mol. The van der Waals surface area contributed by atoms with E-state index in [0.29, 0.717) is 17.9 Å². The van der Waals surface area contributed by atoms with Gasteiger partial charge in [-0.3, -0.25) is 0 Å². The number of ether oxygens (including phenoxy) is 1. The molecule has 1 aromatic heterocycles. The Morgan fingerprint density at radius 3 is 2.68 bits per heavy atom. The van der Waals surface area contributed by atoms with Crippen LogP contribution in [0.3, 0.4) is 0 Å². The van der Waals surface area contributed by atoms with E-state index >= 15 is 0 Å². The Morgan fingerprint density at radius 1 is 1.16 bits per heavy atom. The topological polar surface area (TPSA) is 94.3 Å². The lowest BCUT2D eigenvalue weighted by Crippen LogP contribution is -2.36. The highest BCUT2D eigenvalue weighted by atomic mass is 16.5. The minimum atomic E-state index is -0.251. The number of hydrogen-bond acceptors (Lipinski definition) is 7. The number of rotatable bonds is 6. The fraction of sp³-hybridized carbons (Fsp3) is 0.375. The summed E-state index contributed by atoms with van der Waals surface area (Å²) in [5, 5.41) is 33.4. The Morgan fingerprint density at radius 2 is 1.97 bits per heavy atom. The van der Waals surface area contributed by atoms with E-state index in [9.17, 15) is 10.4 Å². The summed E-state index contributed by atoms with van der Waals surface area (Å²) >= 11 is 0. The molecule has 1 aliphatic heterocycles. The number of nitrogens with one attached hydrogen (secondary N) is 1. The third kappa shape index (κ3) is 4.39. The van der Waals surface area contributed by atoms with Crippen LogP contribution >= 0.6 is 0 Å². The Hall–Kier alpha value is -3.37. The van der Waals surface area contributed by atoms with Gasteiger partial charge in [-0.1, -0.05) is 19.1 Å². The lowest BCUT2D eigenvalue weighted by molar-refractivity contribution is 0.145. The van der Waals surface area contributed by atoms with E-state index in [4.69, 9.17) is 4.74 Å². The summed E-state index contributed by atoms with van der Waals surface area (Å²) in [6, 6.07) is 14.0. The van der Waals surface area contributed by atoms with Gasteiger partial charge in [-0.05, 0) is 54.7 Å². The number of benzene rings is 2. The molecule has 3 aromatic rings. The molecule has 1 aliphatic rings. The first-order valence-corrected chi connectivity index (χ1v) is 10.7. The van der Waals surface area contributed by atoms with Gasteiger partial charge in [-0.2, -0.15) is 5.26 Å². The van der Waals surface area contributed by atoms with Crippen LogP contribution in [0.5, 0.6) is 5.75 Å². The quantitative estimate of drug-likeness (QED) is 0.632. The molecule has 0 bridgehead atoms. The van der Waals surface area contributed by atoms with Gasteiger partial charge in [0.2, 0.25) is 0 Å². The summed E-state index contributed by atoms with van der Waals surface area (Å²) in [5.74, 6) is 2.35. The average molecular weight is 418 g/mol. The highest BCUT2D eigenvalue weighted by Gasteiger charge is 2.21. The number of anilines is 2. The number of aliphatic hydroxyl groups is 1. The molecule has 0 amide bonds. The Balaban J connectivity index is 1.65. The van der Waals surface area contributed by atoms with Crippen LogP contribution in [0, 0.1) is 11.3 Å². The summed E-state index contributed by atoms with van der Waals surface area (Å²) in [5.41, 5.74) is 2.87. The molecule has 7 heteroatoms. The number of aryl methyl sites for hydroxylation is 1. The smallest absolute Gasteiger partial charge is 0.159 e. The lowest BCUT2D eigenvalue weighted by Gasteiger charge is -2.31. The van der Waals surface area contributed by atoms with E-state index in [-0.39, 0.29) is 6.10 Å². The molecule has 1 fully saturated rings. The van der Waals surface area contributed by atoms with Gasteiger partial charge in [-0.15, -0.1) is 10.2 Å². The van der Waals surface area contributed by atoms with Gasteiger partial charge < -0.3 is 20.1 Å². The number of piperidine rings is 1. The minimum absolute atomic E-state index is 0.251.